The average Bonchev–Trinajstić information content (AvgIpc) is 2.29. The fourth-order valence-electron chi connectivity index (χ4n) is 1.71. The standard InChI is InChI=1S/C11H8BrNO2/c12-7-3-4-13-8-1-2-9-11(10(7)8)15-6-5-14-9/h1-3,5-6,13H,4H2. The Labute approximate surface area is 95.5 Å². The second kappa shape index (κ2) is 3.31. The van der Waals surface area contributed by atoms with Crippen molar-refractivity contribution in [3.63, 3.8) is 0 Å². The van der Waals surface area contributed by atoms with Crippen molar-refractivity contribution < 1.29 is 9.47 Å². The summed E-state index contributed by atoms with van der Waals surface area (Å²) in [6, 6.07) is 3.89. The summed E-state index contributed by atoms with van der Waals surface area (Å²) >= 11 is 3.53. The van der Waals surface area contributed by atoms with Gasteiger partial charge in [0.15, 0.2) is 11.5 Å². The number of rotatable bonds is 0. The third kappa shape index (κ3) is 1.33. The quantitative estimate of drug-likeness (QED) is 0.782. The van der Waals surface area contributed by atoms with Crippen LogP contribution >= 0.6 is 15.9 Å². The zero-order valence-corrected chi connectivity index (χ0v) is 9.37. The lowest BCUT2D eigenvalue weighted by molar-refractivity contribution is 0.361. The molecule has 0 aromatic heterocycles. The first-order valence-electron chi connectivity index (χ1n) is 4.61. The molecule has 2 aliphatic rings. The molecule has 2 heterocycles. The van der Waals surface area contributed by atoms with Crippen LogP contribution in [0.2, 0.25) is 0 Å². The van der Waals surface area contributed by atoms with Gasteiger partial charge in [-0.05, 0) is 12.1 Å². The van der Waals surface area contributed by atoms with E-state index in [1.54, 1.807) is 0 Å². The van der Waals surface area contributed by atoms with Gasteiger partial charge in [-0.1, -0.05) is 22.0 Å². The van der Waals surface area contributed by atoms with Gasteiger partial charge in [-0.15, -0.1) is 0 Å². The highest BCUT2D eigenvalue weighted by Gasteiger charge is 2.21. The Kier molecular flexibility index (Phi) is 1.95. The van der Waals surface area contributed by atoms with Crippen molar-refractivity contribution in [3.05, 3.63) is 36.3 Å². The van der Waals surface area contributed by atoms with E-state index in [0.717, 1.165) is 33.8 Å². The molecule has 0 unspecified atom stereocenters. The lowest BCUT2D eigenvalue weighted by atomic mass is 10.1. The summed E-state index contributed by atoms with van der Waals surface area (Å²) in [7, 11) is 0. The van der Waals surface area contributed by atoms with E-state index in [1.807, 2.05) is 12.1 Å². The molecule has 3 rings (SSSR count). The van der Waals surface area contributed by atoms with E-state index in [9.17, 15) is 0 Å². The fraction of sp³-hybridized carbons (Fsp3) is 0.0909. The molecule has 15 heavy (non-hydrogen) atoms. The first-order valence-corrected chi connectivity index (χ1v) is 5.41. The molecule has 0 amide bonds. The molecule has 0 radical (unpaired) electrons. The van der Waals surface area contributed by atoms with E-state index >= 15 is 0 Å². The molecule has 0 fully saturated rings. The number of nitrogens with one attached hydrogen (secondary N) is 1. The van der Waals surface area contributed by atoms with Crippen LogP contribution in [0.1, 0.15) is 5.56 Å². The smallest absolute Gasteiger partial charge is 0.179 e. The molecule has 1 aromatic carbocycles. The van der Waals surface area contributed by atoms with Crippen LogP contribution in [0.5, 0.6) is 11.5 Å². The van der Waals surface area contributed by atoms with Gasteiger partial charge in [0, 0.05) is 16.7 Å². The normalized spacial score (nSPS) is 16.5. The molecule has 76 valence electrons. The molecule has 2 aliphatic heterocycles. The predicted octanol–water partition coefficient (Wildman–Crippen LogP) is 3.09. The Morgan fingerprint density at radius 3 is 3.00 bits per heavy atom. The second-order valence-electron chi connectivity index (χ2n) is 3.26. The average molecular weight is 266 g/mol. The van der Waals surface area contributed by atoms with Crippen LogP contribution in [0.4, 0.5) is 5.69 Å². The molecule has 0 saturated heterocycles. The van der Waals surface area contributed by atoms with Crippen molar-refractivity contribution in [2.45, 2.75) is 0 Å². The molecule has 0 aliphatic carbocycles. The van der Waals surface area contributed by atoms with Gasteiger partial charge in [-0.2, -0.15) is 0 Å². The van der Waals surface area contributed by atoms with Gasteiger partial charge in [0.25, 0.3) is 0 Å². The van der Waals surface area contributed by atoms with Gasteiger partial charge in [-0.25, -0.2) is 0 Å². The largest absolute Gasteiger partial charge is 0.458 e. The number of hydrogen-bond donors (Lipinski definition) is 1. The highest BCUT2D eigenvalue weighted by molar-refractivity contribution is 9.15. The summed E-state index contributed by atoms with van der Waals surface area (Å²) in [6.45, 7) is 0.822. The predicted molar refractivity (Wildman–Crippen MR) is 62.2 cm³/mol. The minimum atomic E-state index is 0.741. The van der Waals surface area contributed by atoms with Crippen LogP contribution in [0.25, 0.3) is 4.48 Å². The molecule has 1 N–H and O–H groups in total. The Bertz CT molecular complexity index is 480. The van der Waals surface area contributed by atoms with Crippen LogP contribution < -0.4 is 14.8 Å². The highest BCUT2D eigenvalue weighted by Crippen LogP contribution is 2.45. The maximum Gasteiger partial charge on any atom is 0.179 e. The number of benzene rings is 1. The van der Waals surface area contributed by atoms with Crippen molar-refractivity contribution in [2.75, 3.05) is 11.9 Å². The van der Waals surface area contributed by atoms with Crippen molar-refractivity contribution in [1.29, 1.82) is 0 Å². The van der Waals surface area contributed by atoms with Crippen molar-refractivity contribution in [1.82, 2.24) is 0 Å². The molecule has 3 nitrogen and oxygen atoms in total. The van der Waals surface area contributed by atoms with Crippen molar-refractivity contribution >= 4 is 26.1 Å². The van der Waals surface area contributed by atoms with Crippen molar-refractivity contribution in [3.8, 4) is 11.5 Å². The van der Waals surface area contributed by atoms with Gasteiger partial charge >= 0.3 is 0 Å². The lowest BCUT2D eigenvalue weighted by Gasteiger charge is -2.22. The SMILES string of the molecule is BrC1=CCNc2ccc3c(c21)OC=CO3. The van der Waals surface area contributed by atoms with E-state index in [2.05, 4.69) is 27.3 Å². The number of fused-ring (bicyclic) bond motifs is 3. The topological polar surface area (TPSA) is 30.5 Å². The molecule has 0 bridgehead atoms. The number of ether oxygens (including phenoxy) is 2. The van der Waals surface area contributed by atoms with E-state index < -0.39 is 0 Å². The molecule has 4 heteroatoms. The molecular weight excluding hydrogens is 258 g/mol. The van der Waals surface area contributed by atoms with Crippen LogP contribution in [0.15, 0.2) is 30.7 Å². The number of hydrogen-bond acceptors (Lipinski definition) is 3. The third-order valence-electron chi connectivity index (χ3n) is 2.37. The van der Waals surface area contributed by atoms with Crippen LogP contribution in [-0.2, 0) is 0 Å². The Morgan fingerprint density at radius 2 is 2.07 bits per heavy atom. The summed E-state index contributed by atoms with van der Waals surface area (Å²) < 4.78 is 11.9. The van der Waals surface area contributed by atoms with Gasteiger partial charge < -0.3 is 14.8 Å². The van der Waals surface area contributed by atoms with Crippen LogP contribution in [0.3, 0.4) is 0 Å². The van der Waals surface area contributed by atoms with Crippen LogP contribution in [-0.4, -0.2) is 6.54 Å². The number of halogens is 1. The Morgan fingerprint density at radius 1 is 1.20 bits per heavy atom. The molecule has 0 atom stereocenters. The Balaban J connectivity index is 2.24. The fourth-order valence-corrected chi connectivity index (χ4v) is 2.26. The molecule has 1 aromatic rings. The summed E-state index contributed by atoms with van der Waals surface area (Å²) in [5.74, 6) is 1.50. The summed E-state index contributed by atoms with van der Waals surface area (Å²) in [6.07, 6.45) is 5.13. The van der Waals surface area contributed by atoms with Crippen molar-refractivity contribution in [2.24, 2.45) is 0 Å². The van der Waals surface area contributed by atoms with E-state index in [4.69, 9.17) is 9.47 Å². The summed E-state index contributed by atoms with van der Waals surface area (Å²) in [5, 5.41) is 3.28. The highest BCUT2D eigenvalue weighted by atomic mass is 79.9. The minimum Gasteiger partial charge on any atom is -0.458 e. The summed E-state index contributed by atoms with van der Waals surface area (Å²) in [5.41, 5.74) is 2.07. The van der Waals surface area contributed by atoms with Crippen LogP contribution in [0, 0.1) is 0 Å². The van der Waals surface area contributed by atoms with Gasteiger partial charge in [0.2, 0.25) is 0 Å². The monoisotopic (exact) mass is 265 g/mol. The maximum absolute atomic E-state index is 5.48. The van der Waals surface area contributed by atoms with Gasteiger partial charge in [0.05, 0.1) is 5.56 Å². The van der Waals surface area contributed by atoms with E-state index in [1.165, 1.54) is 12.5 Å². The molecule has 0 saturated carbocycles. The second-order valence-corrected chi connectivity index (χ2v) is 4.11. The van der Waals surface area contributed by atoms with E-state index in [-0.39, 0.29) is 0 Å². The minimum absolute atomic E-state index is 0.741. The van der Waals surface area contributed by atoms with Gasteiger partial charge in [-0.3, -0.25) is 0 Å². The first-order chi connectivity index (χ1) is 7.36. The third-order valence-corrected chi connectivity index (χ3v) is 3.09. The molecule has 0 spiro atoms. The van der Waals surface area contributed by atoms with Gasteiger partial charge in [0.1, 0.15) is 12.5 Å². The number of anilines is 1. The zero-order chi connectivity index (χ0) is 10.3. The zero-order valence-electron chi connectivity index (χ0n) is 7.79. The summed E-state index contributed by atoms with van der Waals surface area (Å²) in [4.78, 5) is 0. The maximum atomic E-state index is 5.48. The lowest BCUT2D eigenvalue weighted by Crippen LogP contribution is -2.09. The Hall–Kier alpha value is -1.42. The first kappa shape index (κ1) is 8.85. The van der Waals surface area contributed by atoms with E-state index in [0.29, 0.717) is 0 Å². The molecular formula is C11H8BrNO2.